The average molecular weight is 232 g/mol. The smallest absolute Gasteiger partial charge is 0.303 e. The molecule has 0 unspecified atom stereocenters. The van der Waals surface area contributed by atoms with Gasteiger partial charge in [0, 0.05) is 12.6 Å². The molecule has 4 heteroatoms. The van der Waals surface area contributed by atoms with E-state index in [9.17, 15) is 4.79 Å². The van der Waals surface area contributed by atoms with Crippen LogP contribution in [-0.2, 0) is 9.53 Å². The molecular weight excluding hydrogens is 216 g/mol. The molecule has 0 amide bonds. The topological polar surface area (TPSA) is 62.1 Å². The van der Waals surface area contributed by atoms with Crippen molar-refractivity contribution in [2.75, 3.05) is 11.9 Å². The van der Waals surface area contributed by atoms with E-state index in [0.29, 0.717) is 12.1 Å². The van der Waals surface area contributed by atoms with Gasteiger partial charge in [0.05, 0.1) is 18.2 Å². The van der Waals surface area contributed by atoms with Crippen LogP contribution in [0.2, 0.25) is 0 Å². The number of rotatable bonds is 4. The zero-order valence-electron chi connectivity index (χ0n) is 10.3. The Labute approximate surface area is 101 Å². The predicted molar refractivity (Wildman–Crippen MR) is 65.5 cm³/mol. The van der Waals surface area contributed by atoms with Crippen molar-refractivity contribution in [1.29, 1.82) is 5.26 Å². The van der Waals surface area contributed by atoms with Gasteiger partial charge in [0.25, 0.3) is 0 Å². The van der Waals surface area contributed by atoms with Crippen molar-refractivity contribution in [3.63, 3.8) is 0 Å². The summed E-state index contributed by atoms with van der Waals surface area (Å²) >= 11 is 0. The van der Waals surface area contributed by atoms with Gasteiger partial charge >= 0.3 is 5.97 Å². The number of nitriles is 1. The van der Waals surface area contributed by atoms with E-state index in [1.54, 1.807) is 12.1 Å². The molecule has 1 rings (SSSR count). The van der Waals surface area contributed by atoms with Crippen LogP contribution in [-0.4, -0.2) is 18.1 Å². The zero-order chi connectivity index (χ0) is 12.9. The van der Waals surface area contributed by atoms with Crippen molar-refractivity contribution in [3.8, 4) is 6.07 Å². The third-order valence-electron chi connectivity index (χ3n) is 2.15. The standard InChI is InChI=1S/C13H16N2O2/c1-10(16)17-13(2,3)9-15-12-6-4-11(8-14)5-7-12/h4-7,15H,9H2,1-3H3. The first kappa shape index (κ1) is 13.0. The summed E-state index contributed by atoms with van der Waals surface area (Å²) in [7, 11) is 0. The number of esters is 1. The largest absolute Gasteiger partial charge is 0.458 e. The van der Waals surface area contributed by atoms with E-state index in [1.165, 1.54) is 6.92 Å². The molecule has 0 aliphatic carbocycles. The highest BCUT2D eigenvalue weighted by atomic mass is 16.6. The van der Waals surface area contributed by atoms with Crippen LogP contribution in [0.15, 0.2) is 24.3 Å². The molecular formula is C13H16N2O2. The summed E-state index contributed by atoms with van der Waals surface area (Å²) < 4.78 is 5.15. The summed E-state index contributed by atoms with van der Waals surface area (Å²) in [5, 5.41) is 11.8. The summed E-state index contributed by atoms with van der Waals surface area (Å²) in [6.45, 7) is 5.58. The van der Waals surface area contributed by atoms with Gasteiger partial charge in [0.15, 0.2) is 0 Å². The molecule has 1 N–H and O–H groups in total. The van der Waals surface area contributed by atoms with E-state index in [2.05, 4.69) is 11.4 Å². The second kappa shape index (κ2) is 5.35. The molecule has 0 saturated carbocycles. The van der Waals surface area contributed by atoms with Crippen molar-refractivity contribution < 1.29 is 9.53 Å². The summed E-state index contributed by atoms with van der Waals surface area (Å²) in [6.07, 6.45) is 0. The molecule has 0 aliphatic heterocycles. The van der Waals surface area contributed by atoms with Gasteiger partial charge in [-0.15, -0.1) is 0 Å². The molecule has 90 valence electrons. The number of nitrogens with zero attached hydrogens (tertiary/aromatic N) is 1. The van der Waals surface area contributed by atoms with E-state index >= 15 is 0 Å². The van der Waals surface area contributed by atoms with Crippen molar-refractivity contribution >= 4 is 11.7 Å². The molecule has 0 radical (unpaired) electrons. The van der Waals surface area contributed by atoms with Gasteiger partial charge in [-0.25, -0.2) is 0 Å². The Morgan fingerprint density at radius 3 is 2.47 bits per heavy atom. The Morgan fingerprint density at radius 2 is 2.00 bits per heavy atom. The first-order valence-electron chi connectivity index (χ1n) is 5.36. The minimum atomic E-state index is -0.556. The van der Waals surface area contributed by atoms with Crippen LogP contribution in [0.25, 0.3) is 0 Å². The van der Waals surface area contributed by atoms with Gasteiger partial charge < -0.3 is 10.1 Å². The summed E-state index contributed by atoms with van der Waals surface area (Å²) in [5.74, 6) is -0.295. The molecule has 0 atom stereocenters. The second-order valence-electron chi connectivity index (χ2n) is 4.40. The zero-order valence-corrected chi connectivity index (χ0v) is 10.3. The first-order valence-corrected chi connectivity index (χ1v) is 5.36. The lowest BCUT2D eigenvalue weighted by molar-refractivity contribution is -0.152. The van der Waals surface area contributed by atoms with Crippen molar-refractivity contribution in [2.45, 2.75) is 26.4 Å². The van der Waals surface area contributed by atoms with Crippen LogP contribution in [0, 0.1) is 11.3 Å². The van der Waals surface area contributed by atoms with Crippen LogP contribution in [0.5, 0.6) is 0 Å². The summed E-state index contributed by atoms with van der Waals surface area (Å²) in [6, 6.07) is 9.17. The lowest BCUT2D eigenvalue weighted by Crippen LogP contribution is -2.35. The molecule has 0 spiro atoms. The number of carbonyl (C=O) groups excluding carboxylic acids is 1. The fourth-order valence-electron chi connectivity index (χ4n) is 1.40. The minimum Gasteiger partial charge on any atom is -0.458 e. The molecule has 0 bridgehead atoms. The Hall–Kier alpha value is -2.02. The molecule has 0 heterocycles. The molecule has 1 aromatic rings. The van der Waals surface area contributed by atoms with Crippen LogP contribution in [0.4, 0.5) is 5.69 Å². The fraction of sp³-hybridized carbons (Fsp3) is 0.385. The van der Waals surface area contributed by atoms with Gasteiger partial charge in [-0.1, -0.05) is 0 Å². The molecule has 0 fully saturated rings. The lowest BCUT2D eigenvalue weighted by atomic mass is 10.1. The van der Waals surface area contributed by atoms with Gasteiger partial charge in [0.2, 0.25) is 0 Å². The summed E-state index contributed by atoms with van der Waals surface area (Å²) in [4.78, 5) is 10.9. The normalized spacial score (nSPS) is 10.5. The number of ether oxygens (including phenoxy) is 1. The molecule has 0 aliphatic rings. The Bertz CT molecular complexity index is 430. The molecule has 1 aromatic carbocycles. The van der Waals surface area contributed by atoms with Crippen LogP contribution >= 0.6 is 0 Å². The monoisotopic (exact) mass is 232 g/mol. The third-order valence-corrected chi connectivity index (χ3v) is 2.15. The second-order valence-corrected chi connectivity index (χ2v) is 4.40. The van der Waals surface area contributed by atoms with Gasteiger partial charge in [-0.3, -0.25) is 4.79 Å². The maximum atomic E-state index is 10.9. The quantitative estimate of drug-likeness (QED) is 0.809. The van der Waals surface area contributed by atoms with E-state index in [0.717, 1.165) is 5.69 Å². The minimum absolute atomic E-state index is 0.295. The Balaban J connectivity index is 2.55. The molecule has 0 saturated heterocycles. The first-order chi connectivity index (χ1) is 7.93. The van der Waals surface area contributed by atoms with Crippen LogP contribution in [0.3, 0.4) is 0 Å². The highest BCUT2D eigenvalue weighted by Crippen LogP contribution is 2.13. The van der Waals surface area contributed by atoms with E-state index < -0.39 is 5.60 Å². The average Bonchev–Trinajstić information content (AvgIpc) is 2.25. The highest BCUT2D eigenvalue weighted by Gasteiger charge is 2.20. The van der Waals surface area contributed by atoms with Crippen molar-refractivity contribution in [2.24, 2.45) is 0 Å². The molecule has 0 aromatic heterocycles. The Kier molecular flexibility index (Phi) is 4.11. The van der Waals surface area contributed by atoms with Crippen molar-refractivity contribution in [3.05, 3.63) is 29.8 Å². The van der Waals surface area contributed by atoms with Gasteiger partial charge in [0.1, 0.15) is 5.60 Å². The maximum absolute atomic E-state index is 10.9. The predicted octanol–water partition coefficient (Wildman–Crippen LogP) is 2.31. The number of hydrogen-bond acceptors (Lipinski definition) is 4. The van der Waals surface area contributed by atoms with E-state index in [1.807, 2.05) is 26.0 Å². The van der Waals surface area contributed by atoms with Gasteiger partial charge in [-0.05, 0) is 38.1 Å². The third kappa shape index (κ3) is 4.56. The van der Waals surface area contributed by atoms with Crippen LogP contribution < -0.4 is 5.32 Å². The molecule has 17 heavy (non-hydrogen) atoms. The van der Waals surface area contributed by atoms with Crippen molar-refractivity contribution in [1.82, 2.24) is 0 Å². The van der Waals surface area contributed by atoms with Gasteiger partial charge in [-0.2, -0.15) is 5.26 Å². The molecule has 4 nitrogen and oxygen atoms in total. The fourth-order valence-corrected chi connectivity index (χ4v) is 1.40. The van der Waals surface area contributed by atoms with Crippen LogP contribution in [0.1, 0.15) is 26.3 Å². The number of benzene rings is 1. The number of nitrogens with one attached hydrogen (secondary N) is 1. The highest BCUT2D eigenvalue weighted by molar-refractivity contribution is 5.66. The van der Waals surface area contributed by atoms with E-state index in [4.69, 9.17) is 10.00 Å². The number of hydrogen-bond donors (Lipinski definition) is 1. The van der Waals surface area contributed by atoms with E-state index in [-0.39, 0.29) is 5.97 Å². The SMILES string of the molecule is CC(=O)OC(C)(C)CNc1ccc(C#N)cc1. The summed E-state index contributed by atoms with van der Waals surface area (Å²) in [5.41, 5.74) is 0.957. The lowest BCUT2D eigenvalue weighted by Gasteiger charge is -2.25. The number of carbonyl (C=O) groups is 1. The Morgan fingerprint density at radius 1 is 1.41 bits per heavy atom. The maximum Gasteiger partial charge on any atom is 0.303 e. The number of anilines is 1.